The van der Waals surface area contributed by atoms with Gasteiger partial charge in [0.1, 0.15) is 12.2 Å². The maximum Gasteiger partial charge on any atom is 0.313 e. The van der Waals surface area contributed by atoms with Gasteiger partial charge in [-0.3, -0.25) is 9.59 Å². The number of sulfone groups is 1. The van der Waals surface area contributed by atoms with Crippen molar-refractivity contribution in [2.45, 2.75) is 12.8 Å². The summed E-state index contributed by atoms with van der Waals surface area (Å²) in [5.74, 6) is -1.54. The van der Waals surface area contributed by atoms with Crippen molar-refractivity contribution in [2.75, 3.05) is 18.6 Å². The van der Waals surface area contributed by atoms with E-state index in [-0.39, 0.29) is 23.7 Å². The maximum absolute atomic E-state index is 11.3. The average molecular weight is 220 g/mol. The molecule has 1 saturated heterocycles. The Hall–Kier alpha value is -0.910. The van der Waals surface area contributed by atoms with E-state index >= 15 is 0 Å². The van der Waals surface area contributed by atoms with Crippen LogP contribution in [0, 0.1) is 5.92 Å². The van der Waals surface area contributed by atoms with Gasteiger partial charge in [-0.25, -0.2) is 8.42 Å². The lowest BCUT2D eigenvalue weighted by atomic mass is 10.0. The van der Waals surface area contributed by atoms with Crippen LogP contribution in [0.25, 0.3) is 0 Å². The van der Waals surface area contributed by atoms with Gasteiger partial charge in [-0.2, -0.15) is 0 Å². The van der Waals surface area contributed by atoms with Crippen LogP contribution in [0.1, 0.15) is 12.8 Å². The fourth-order valence-corrected chi connectivity index (χ4v) is 3.18. The Morgan fingerprint density at radius 3 is 2.50 bits per heavy atom. The summed E-state index contributed by atoms with van der Waals surface area (Å²) in [5, 5.41) is 0. The number of carbonyl (C=O) groups excluding carboxylic acids is 2. The molecule has 6 heteroatoms. The fraction of sp³-hybridized carbons (Fsp3) is 0.750. The number of ether oxygens (including phenoxy) is 1. The van der Waals surface area contributed by atoms with Crippen molar-refractivity contribution in [2.24, 2.45) is 5.92 Å². The molecule has 0 spiro atoms. The molecule has 80 valence electrons. The molecule has 0 amide bonds. The third-order valence-electron chi connectivity index (χ3n) is 2.23. The number of Topliss-reactive ketones (excluding diaryl/α,β-unsaturated/α-hetero) is 1. The molecule has 1 rings (SSSR count). The normalized spacial score (nSPS) is 24.5. The van der Waals surface area contributed by atoms with Crippen LogP contribution in [-0.2, 0) is 24.2 Å². The highest BCUT2D eigenvalue weighted by molar-refractivity contribution is 7.91. The van der Waals surface area contributed by atoms with Crippen LogP contribution in [0.3, 0.4) is 0 Å². The van der Waals surface area contributed by atoms with Crippen LogP contribution >= 0.6 is 0 Å². The Morgan fingerprint density at radius 2 is 2.07 bits per heavy atom. The van der Waals surface area contributed by atoms with Gasteiger partial charge in [-0.1, -0.05) is 0 Å². The Bertz CT molecular complexity index is 343. The van der Waals surface area contributed by atoms with Gasteiger partial charge in [-0.15, -0.1) is 0 Å². The summed E-state index contributed by atoms with van der Waals surface area (Å²) in [4.78, 5) is 22.1. The van der Waals surface area contributed by atoms with Gasteiger partial charge in [0, 0.05) is 5.92 Å². The van der Waals surface area contributed by atoms with E-state index in [0.717, 1.165) is 0 Å². The van der Waals surface area contributed by atoms with Crippen LogP contribution in [0.4, 0.5) is 0 Å². The van der Waals surface area contributed by atoms with Gasteiger partial charge in [0.2, 0.25) is 0 Å². The quantitative estimate of drug-likeness (QED) is 0.475. The van der Waals surface area contributed by atoms with Crippen LogP contribution < -0.4 is 0 Å². The van der Waals surface area contributed by atoms with E-state index in [1.807, 2.05) is 0 Å². The van der Waals surface area contributed by atoms with Crippen LogP contribution in [0.15, 0.2) is 0 Å². The minimum absolute atomic E-state index is 0.0462. The summed E-state index contributed by atoms with van der Waals surface area (Å²) >= 11 is 0. The first-order chi connectivity index (χ1) is 6.44. The van der Waals surface area contributed by atoms with Gasteiger partial charge in [0.15, 0.2) is 9.84 Å². The van der Waals surface area contributed by atoms with E-state index in [4.69, 9.17) is 0 Å². The summed E-state index contributed by atoms with van der Waals surface area (Å²) in [5.41, 5.74) is 0. The van der Waals surface area contributed by atoms with Crippen LogP contribution in [0.2, 0.25) is 0 Å². The molecule has 0 aromatic rings. The summed E-state index contributed by atoms with van der Waals surface area (Å²) in [6, 6.07) is 0. The summed E-state index contributed by atoms with van der Waals surface area (Å²) in [6.45, 7) is 0. The highest BCUT2D eigenvalue weighted by atomic mass is 32.2. The molecule has 1 atom stereocenters. The lowest BCUT2D eigenvalue weighted by Gasteiger charge is -2.04. The van der Waals surface area contributed by atoms with E-state index in [2.05, 4.69) is 4.74 Å². The highest BCUT2D eigenvalue weighted by Gasteiger charge is 2.33. The lowest BCUT2D eigenvalue weighted by molar-refractivity contribution is -0.144. The van der Waals surface area contributed by atoms with Crippen molar-refractivity contribution in [1.82, 2.24) is 0 Å². The van der Waals surface area contributed by atoms with E-state index in [1.54, 1.807) is 0 Å². The van der Waals surface area contributed by atoms with E-state index < -0.39 is 21.7 Å². The van der Waals surface area contributed by atoms with Crippen LogP contribution in [0.5, 0.6) is 0 Å². The number of methoxy groups -OCH3 is 1. The van der Waals surface area contributed by atoms with E-state index in [9.17, 15) is 18.0 Å². The fourth-order valence-electron chi connectivity index (χ4n) is 1.41. The molecule has 0 radical (unpaired) electrons. The Morgan fingerprint density at radius 1 is 1.43 bits per heavy atom. The molecule has 1 fully saturated rings. The lowest BCUT2D eigenvalue weighted by Crippen LogP contribution is -2.19. The third kappa shape index (κ3) is 2.80. The zero-order valence-electron chi connectivity index (χ0n) is 7.86. The molecule has 0 saturated carbocycles. The molecule has 0 N–H and O–H groups in total. The second-order valence-corrected chi connectivity index (χ2v) is 5.55. The van der Waals surface area contributed by atoms with Gasteiger partial charge >= 0.3 is 5.97 Å². The minimum Gasteiger partial charge on any atom is -0.469 e. The Kier molecular flexibility index (Phi) is 3.25. The van der Waals surface area contributed by atoms with Gasteiger partial charge < -0.3 is 4.74 Å². The van der Waals surface area contributed by atoms with E-state index in [0.29, 0.717) is 6.42 Å². The van der Waals surface area contributed by atoms with Crippen molar-refractivity contribution >= 4 is 21.6 Å². The molecule has 1 heterocycles. The Labute approximate surface area is 82.4 Å². The maximum atomic E-state index is 11.3. The molecule has 0 aromatic heterocycles. The first-order valence-corrected chi connectivity index (χ1v) is 6.06. The predicted octanol–water partition coefficient (Wildman–Crippen LogP) is -0.447. The van der Waals surface area contributed by atoms with Crippen molar-refractivity contribution in [3.05, 3.63) is 0 Å². The average Bonchev–Trinajstić information content (AvgIpc) is 2.46. The zero-order chi connectivity index (χ0) is 10.8. The summed E-state index contributed by atoms with van der Waals surface area (Å²) in [7, 11) is -1.86. The van der Waals surface area contributed by atoms with Gasteiger partial charge in [-0.05, 0) is 6.42 Å². The van der Waals surface area contributed by atoms with Gasteiger partial charge in [0.05, 0.1) is 18.6 Å². The number of esters is 1. The highest BCUT2D eigenvalue weighted by Crippen LogP contribution is 2.20. The smallest absolute Gasteiger partial charge is 0.313 e. The minimum atomic E-state index is -3.06. The predicted molar refractivity (Wildman–Crippen MR) is 48.4 cm³/mol. The SMILES string of the molecule is COC(=O)CC(=O)C1CCS(=O)(=O)C1. The first-order valence-electron chi connectivity index (χ1n) is 4.24. The topological polar surface area (TPSA) is 77.5 Å². The molecule has 14 heavy (non-hydrogen) atoms. The molecule has 1 aliphatic rings. The monoisotopic (exact) mass is 220 g/mol. The van der Waals surface area contributed by atoms with Crippen molar-refractivity contribution in [1.29, 1.82) is 0 Å². The van der Waals surface area contributed by atoms with E-state index in [1.165, 1.54) is 7.11 Å². The van der Waals surface area contributed by atoms with Crippen molar-refractivity contribution < 1.29 is 22.7 Å². The van der Waals surface area contributed by atoms with Crippen molar-refractivity contribution in [3.63, 3.8) is 0 Å². The molecular formula is C8H12O5S. The first kappa shape index (κ1) is 11.2. The summed E-state index contributed by atoms with van der Waals surface area (Å²) in [6.07, 6.45) is 0.00878. The van der Waals surface area contributed by atoms with Crippen molar-refractivity contribution in [3.8, 4) is 0 Å². The second kappa shape index (κ2) is 4.08. The molecule has 0 aliphatic carbocycles. The molecule has 1 aliphatic heterocycles. The van der Waals surface area contributed by atoms with Crippen LogP contribution in [-0.4, -0.2) is 38.8 Å². The number of ketones is 1. The molecule has 5 nitrogen and oxygen atoms in total. The molecule has 1 unspecified atom stereocenters. The summed E-state index contributed by atoms with van der Waals surface area (Å²) < 4.78 is 26.4. The Balaban J connectivity index is 2.52. The zero-order valence-corrected chi connectivity index (χ0v) is 8.67. The molecule has 0 aromatic carbocycles. The van der Waals surface area contributed by atoms with Gasteiger partial charge in [0.25, 0.3) is 0 Å². The second-order valence-electron chi connectivity index (χ2n) is 3.32. The number of carbonyl (C=O) groups is 2. The molecular weight excluding hydrogens is 208 g/mol. The third-order valence-corrected chi connectivity index (χ3v) is 4.00. The largest absolute Gasteiger partial charge is 0.469 e. The molecule has 0 bridgehead atoms. The number of hydrogen-bond acceptors (Lipinski definition) is 5. The standard InChI is InChI=1S/C8H12O5S/c1-13-8(10)4-7(9)6-2-3-14(11,12)5-6/h6H,2-5H2,1H3. The number of rotatable bonds is 3. The number of hydrogen-bond donors (Lipinski definition) is 0.